The SMILES string of the molecule is CCSc1nc2n(n1)C(c1cccs1)C(C(=O)Nc1cccc(C)c1)=C(C)N2. The maximum Gasteiger partial charge on any atom is 0.255 e. The molecular weight excluding hydrogens is 390 g/mol. The van der Waals surface area contributed by atoms with Gasteiger partial charge in [-0.25, -0.2) is 4.68 Å². The predicted octanol–water partition coefficient (Wildman–Crippen LogP) is 4.69. The first-order valence-corrected chi connectivity index (χ1v) is 10.9. The lowest BCUT2D eigenvalue weighted by atomic mass is 10.0. The van der Waals surface area contributed by atoms with Crippen LogP contribution in [-0.2, 0) is 4.79 Å². The van der Waals surface area contributed by atoms with Crippen molar-refractivity contribution >= 4 is 40.6 Å². The van der Waals surface area contributed by atoms with Gasteiger partial charge in [-0.1, -0.05) is 36.9 Å². The predicted molar refractivity (Wildman–Crippen MR) is 115 cm³/mol. The molecule has 0 aliphatic carbocycles. The molecule has 1 unspecified atom stereocenters. The number of hydrogen-bond donors (Lipinski definition) is 2. The van der Waals surface area contributed by atoms with Crippen molar-refractivity contribution in [1.29, 1.82) is 0 Å². The molecule has 0 fully saturated rings. The van der Waals surface area contributed by atoms with Crippen LogP contribution in [0.15, 0.2) is 58.2 Å². The molecule has 144 valence electrons. The average Bonchev–Trinajstić information content (AvgIpc) is 3.30. The van der Waals surface area contributed by atoms with Crippen LogP contribution in [0.25, 0.3) is 0 Å². The average molecular weight is 412 g/mol. The molecule has 0 saturated heterocycles. The highest BCUT2D eigenvalue weighted by molar-refractivity contribution is 7.99. The Morgan fingerprint density at radius 1 is 1.32 bits per heavy atom. The molecule has 8 heteroatoms. The van der Waals surface area contributed by atoms with Crippen LogP contribution in [0.2, 0.25) is 0 Å². The maximum atomic E-state index is 13.3. The normalized spacial score (nSPS) is 15.9. The maximum absolute atomic E-state index is 13.3. The fourth-order valence-electron chi connectivity index (χ4n) is 3.25. The monoisotopic (exact) mass is 411 g/mol. The second-order valence-corrected chi connectivity index (χ2v) is 8.71. The van der Waals surface area contributed by atoms with E-state index in [-0.39, 0.29) is 11.9 Å². The number of nitrogens with one attached hydrogen (secondary N) is 2. The molecule has 0 saturated carbocycles. The lowest BCUT2D eigenvalue weighted by Gasteiger charge is -2.27. The zero-order valence-corrected chi connectivity index (χ0v) is 17.5. The van der Waals surface area contributed by atoms with Gasteiger partial charge < -0.3 is 10.6 Å². The van der Waals surface area contributed by atoms with E-state index in [1.807, 2.05) is 60.3 Å². The summed E-state index contributed by atoms with van der Waals surface area (Å²) < 4.78 is 1.82. The van der Waals surface area contributed by atoms with Gasteiger partial charge in [0.15, 0.2) is 0 Å². The van der Waals surface area contributed by atoms with E-state index < -0.39 is 0 Å². The largest absolute Gasteiger partial charge is 0.328 e. The number of rotatable bonds is 5. The highest BCUT2D eigenvalue weighted by atomic mass is 32.2. The summed E-state index contributed by atoms with van der Waals surface area (Å²) in [7, 11) is 0. The summed E-state index contributed by atoms with van der Waals surface area (Å²) in [5, 5.41) is 13.7. The zero-order valence-electron chi connectivity index (χ0n) is 15.9. The van der Waals surface area contributed by atoms with Crippen molar-refractivity contribution in [2.75, 3.05) is 16.4 Å². The number of thiophene rings is 1. The molecule has 2 aromatic heterocycles. The number of carbonyl (C=O) groups excluding carboxylic acids is 1. The number of thioether (sulfide) groups is 1. The van der Waals surface area contributed by atoms with E-state index in [9.17, 15) is 4.79 Å². The summed E-state index contributed by atoms with van der Waals surface area (Å²) in [5.41, 5.74) is 3.31. The molecule has 1 atom stereocenters. The van der Waals surface area contributed by atoms with Gasteiger partial charge in [0.1, 0.15) is 6.04 Å². The third-order valence-electron chi connectivity index (χ3n) is 4.44. The Kier molecular flexibility index (Phi) is 5.23. The summed E-state index contributed by atoms with van der Waals surface area (Å²) >= 11 is 3.19. The number of anilines is 2. The number of benzene rings is 1. The minimum Gasteiger partial charge on any atom is -0.328 e. The van der Waals surface area contributed by atoms with E-state index >= 15 is 0 Å². The van der Waals surface area contributed by atoms with Gasteiger partial charge in [0.2, 0.25) is 11.1 Å². The molecule has 1 amide bonds. The van der Waals surface area contributed by atoms with Crippen LogP contribution >= 0.6 is 23.1 Å². The van der Waals surface area contributed by atoms with Gasteiger partial charge in [-0.2, -0.15) is 4.98 Å². The van der Waals surface area contributed by atoms with Crippen LogP contribution in [0.5, 0.6) is 0 Å². The molecule has 2 N–H and O–H groups in total. The quantitative estimate of drug-likeness (QED) is 0.596. The molecule has 1 aromatic carbocycles. The van der Waals surface area contributed by atoms with E-state index in [1.54, 1.807) is 23.1 Å². The highest BCUT2D eigenvalue weighted by Gasteiger charge is 2.34. The van der Waals surface area contributed by atoms with Crippen molar-refractivity contribution in [2.24, 2.45) is 0 Å². The Labute approximate surface area is 172 Å². The minimum absolute atomic E-state index is 0.139. The molecular formula is C20H21N5OS2. The summed E-state index contributed by atoms with van der Waals surface area (Å²) in [6.07, 6.45) is 0. The Balaban J connectivity index is 1.74. The summed E-state index contributed by atoms with van der Waals surface area (Å²) in [6, 6.07) is 11.5. The van der Waals surface area contributed by atoms with E-state index in [2.05, 4.69) is 27.6 Å². The molecule has 28 heavy (non-hydrogen) atoms. The van der Waals surface area contributed by atoms with Crippen molar-refractivity contribution in [3.63, 3.8) is 0 Å². The van der Waals surface area contributed by atoms with Crippen molar-refractivity contribution in [1.82, 2.24) is 14.8 Å². The smallest absolute Gasteiger partial charge is 0.255 e. The number of hydrogen-bond acceptors (Lipinski definition) is 6. The lowest BCUT2D eigenvalue weighted by Crippen LogP contribution is -2.31. The van der Waals surface area contributed by atoms with Crippen LogP contribution in [0, 0.1) is 6.92 Å². The van der Waals surface area contributed by atoms with Gasteiger partial charge in [-0.3, -0.25) is 4.79 Å². The highest BCUT2D eigenvalue weighted by Crippen LogP contribution is 2.38. The van der Waals surface area contributed by atoms with Crippen molar-refractivity contribution in [2.45, 2.75) is 32.0 Å². The number of carbonyl (C=O) groups is 1. The van der Waals surface area contributed by atoms with Gasteiger partial charge in [0.05, 0.1) is 5.57 Å². The van der Waals surface area contributed by atoms with Crippen molar-refractivity contribution < 1.29 is 4.79 Å². The molecule has 6 nitrogen and oxygen atoms in total. The fraction of sp³-hybridized carbons (Fsp3) is 0.250. The number of aryl methyl sites for hydroxylation is 1. The molecule has 1 aliphatic heterocycles. The van der Waals surface area contributed by atoms with Gasteiger partial charge in [0.25, 0.3) is 5.91 Å². The van der Waals surface area contributed by atoms with Gasteiger partial charge >= 0.3 is 0 Å². The summed E-state index contributed by atoms with van der Waals surface area (Å²) in [4.78, 5) is 18.9. The van der Waals surface area contributed by atoms with Crippen LogP contribution in [-0.4, -0.2) is 26.4 Å². The van der Waals surface area contributed by atoms with Crippen LogP contribution < -0.4 is 10.6 Å². The topological polar surface area (TPSA) is 71.8 Å². The first-order valence-electron chi connectivity index (χ1n) is 9.05. The summed E-state index contributed by atoms with van der Waals surface area (Å²) in [6.45, 7) is 5.99. The first-order chi connectivity index (χ1) is 13.6. The van der Waals surface area contributed by atoms with Gasteiger partial charge in [0, 0.05) is 16.3 Å². The van der Waals surface area contributed by atoms with E-state index in [1.165, 1.54) is 0 Å². The lowest BCUT2D eigenvalue weighted by molar-refractivity contribution is -0.113. The second-order valence-electron chi connectivity index (χ2n) is 6.50. The summed E-state index contributed by atoms with van der Waals surface area (Å²) in [5.74, 6) is 1.42. The number of aromatic nitrogens is 3. The third-order valence-corrected chi connectivity index (χ3v) is 6.08. The first kappa shape index (κ1) is 18.8. The molecule has 4 rings (SSSR count). The van der Waals surface area contributed by atoms with Gasteiger partial charge in [-0.15, -0.1) is 16.4 Å². The van der Waals surface area contributed by atoms with E-state index in [4.69, 9.17) is 0 Å². The Hall–Kier alpha value is -2.58. The van der Waals surface area contributed by atoms with E-state index in [0.717, 1.165) is 27.6 Å². The molecule has 0 radical (unpaired) electrons. The number of allylic oxidation sites excluding steroid dienone is 1. The Bertz CT molecular complexity index is 1040. The van der Waals surface area contributed by atoms with Gasteiger partial charge in [-0.05, 0) is 48.7 Å². The Morgan fingerprint density at radius 3 is 2.89 bits per heavy atom. The zero-order chi connectivity index (χ0) is 19.7. The van der Waals surface area contributed by atoms with Crippen LogP contribution in [0.3, 0.4) is 0 Å². The molecule has 1 aliphatic rings. The number of fused-ring (bicyclic) bond motifs is 1. The minimum atomic E-state index is -0.306. The molecule has 0 bridgehead atoms. The number of nitrogens with zero attached hydrogens (tertiary/aromatic N) is 3. The molecule has 3 heterocycles. The molecule has 0 spiro atoms. The second kappa shape index (κ2) is 7.81. The van der Waals surface area contributed by atoms with Crippen molar-refractivity contribution in [3.05, 3.63) is 63.5 Å². The number of amides is 1. The van der Waals surface area contributed by atoms with E-state index in [0.29, 0.717) is 16.7 Å². The Morgan fingerprint density at radius 2 is 2.18 bits per heavy atom. The standard InChI is InChI=1S/C20H21N5OS2/c1-4-27-20-23-19-21-13(3)16(17(25(19)24-20)15-9-6-10-28-15)18(26)22-14-8-5-7-12(2)11-14/h5-11,17H,4H2,1-3H3,(H,22,26)(H,21,23,24). The third kappa shape index (κ3) is 3.57. The van der Waals surface area contributed by atoms with Crippen LogP contribution in [0.4, 0.5) is 11.6 Å². The van der Waals surface area contributed by atoms with Crippen LogP contribution in [0.1, 0.15) is 30.3 Å². The fourth-order valence-corrected chi connectivity index (χ4v) is 4.62. The molecule has 3 aromatic rings. The van der Waals surface area contributed by atoms with Crippen molar-refractivity contribution in [3.8, 4) is 0 Å².